The number of amides is 1. The molecule has 0 aliphatic carbocycles. The summed E-state index contributed by atoms with van der Waals surface area (Å²) in [6, 6.07) is 11.5. The summed E-state index contributed by atoms with van der Waals surface area (Å²) in [7, 11) is -3.73. The maximum absolute atomic E-state index is 13.2. The standard InChI is InChI=1S/C25H32N2O5S/c1-16-12-17(2)15-27(14-16)33(30,31)22-11-7-10-21(13-22)25(29)32-20(5)24(28)26-23-18(3)8-6-9-19(23)4/h6-11,13,16-17,20H,12,14-15H2,1-5H3,(H,26,28). The SMILES string of the molecule is Cc1cccc(C)c1NC(=O)C(C)OC(=O)c1cccc(S(=O)(=O)N2CC(C)CC(C)C2)c1. The molecule has 8 heteroatoms. The molecule has 2 aromatic rings. The molecule has 0 aromatic heterocycles. The van der Waals surface area contributed by atoms with Crippen molar-refractivity contribution in [2.75, 3.05) is 18.4 Å². The first kappa shape index (κ1) is 24.9. The number of piperidine rings is 1. The number of carbonyl (C=O) groups is 2. The highest BCUT2D eigenvalue weighted by atomic mass is 32.2. The number of nitrogens with zero attached hydrogens (tertiary/aromatic N) is 1. The summed E-state index contributed by atoms with van der Waals surface area (Å²) in [4.78, 5) is 25.3. The summed E-state index contributed by atoms with van der Waals surface area (Å²) in [6.45, 7) is 10.2. The Bertz CT molecular complexity index is 1110. The number of sulfonamides is 1. The van der Waals surface area contributed by atoms with Gasteiger partial charge in [-0.3, -0.25) is 4.79 Å². The summed E-state index contributed by atoms with van der Waals surface area (Å²) in [6.07, 6.45) is -0.0686. The van der Waals surface area contributed by atoms with Gasteiger partial charge in [0, 0.05) is 18.8 Å². The van der Waals surface area contributed by atoms with Crippen molar-refractivity contribution < 1.29 is 22.7 Å². The molecule has 1 fully saturated rings. The van der Waals surface area contributed by atoms with E-state index in [-0.39, 0.29) is 22.3 Å². The van der Waals surface area contributed by atoms with Gasteiger partial charge in [0.25, 0.3) is 5.91 Å². The van der Waals surface area contributed by atoms with Crippen LogP contribution in [0.5, 0.6) is 0 Å². The third kappa shape index (κ3) is 5.81. The van der Waals surface area contributed by atoms with E-state index in [0.717, 1.165) is 17.5 Å². The zero-order valence-corrected chi connectivity index (χ0v) is 20.6. The monoisotopic (exact) mass is 472 g/mol. The van der Waals surface area contributed by atoms with Crippen LogP contribution in [0.15, 0.2) is 47.4 Å². The zero-order valence-electron chi connectivity index (χ0n) is 19.8. The predicted octanol–water partition coefficient (Wildman–Crippen LogP) is 4.15. The first-order chi connectivity index (χ1) is 15.5. The smallest absolute Gasteiger partial charge is 0.338 e. The first-order valence-electron chi connectivity index (χ1n) is 11.2. The van der Waals surface area contributed by atoms with Gasteiger partial charge in [-0.1, -0.05) is 38.1 Å². The van der Waals surface area contributed by atoms with Crippen molar-refractivity contribution >= 4 is 27.6 Å². The molecule has 1 aliphatic heterocycles. The Balaban J connectivity index is 1.72. The van der Waals surface area contributed by atoms with Gasteiger partial charge in [0.15, 0.2) is 6.10 Å². The molecular formula is C25H32N2O5S. The van der Waals surface area contributed by atoms with Crippen LogP contribution >= 0.6 is 0 Å². The van der Waals surface area contributed by atoms with E-state index >= 15 is 0 Å². The Morgan fingerprint density at radius 2 is 1.61 bits per heavy atom. The largest absolute Gasteiger partial charge is 0.449 e. The predicted molar refractivity (Wildman–Crippen MR) is 128 cm³/mol. The Hall–Kier alpha value is -2.71. The van der Waals surface area contributed by atoms with Gasteiger partial charge >= 0.3 is 5.97 Å². The Morgan fingerprint density at radius 3 is 2.21 bits per heavy atom. The van der Waals surface area contributed by atoms with E-state index in [4.69, 9.17) is 4.74 Å². The van der Waals surface area contributed by atoms with Crippen LogP contribution in [0.4, 0.5) is 5.69 Å². The normalized spacial score (nSPS) is 20.2. The van der Waals surface area contributed by atoms with Crippen molar-refractivity contribution in [3.63, 3.8) is 0 Å². The third-order valence-corrected chi connectivity index (χ3v) is 7.75. The van der Waals surface area contributed by atoms with Gasteiger partial charge in [-0.05, 0) is 68.4 Å². The third-order valence-electron chi connectivity index (χ3n) is 5.93. The highest BCUT2D eigenvalue weighted by Crippen LogP contribution is 2.27. The first-order valence-corrected chi connectivity index (χ1v) is 12.6. The second kappa shape index (κ2) is 10.1. The van der Waals surface area contributed by atoms with Gasteiger partial charge < -0.3 is 10.1 Å². The molecule has 3 rings (SSSR count). The molecule has 1 heterocycles. The quantitative estimate of drug-likeness (QED) is 0.638. The summed E-state index contributed by atoms with van der Waals surface area (Å²) < 4.78 is 33.1. The van der Waals surface area contributed by atoms with Gasteiger partial charge in [-0.15, -0.1) is 0 Å². The number of hydrogen-bond donors (Lipinski definition) is 1. The van der Waals surface area contributed by atoms with Gasteiger partial charge in [0.05, 0.1) is 10.5 Å². The Kier molecular flexibility index (Phi) is 7.59. The van der Waals surface area contributed by atoms with Crippen molar-refractivity contribution in [2.24, 2.45) is 11.8 Å². The lowest BCUT2D eigenvalue weighted by atomic mass is 9.94. The minimum atomic E-state index is -3.73. The fourth-order valence-corrected chi connectivity index (χ4v) is 5.98. The maximum Gasteiger partial charge on any atom is 0.338 e. The molecule has 0 bridgehead atoms. The van der Waals surface area contributed by atoms with Crippen LogP contribution in [-0.2, 0) is 19.6 Å². The molecule has 2 aromatic carbocycles. The number of rotatable bonds is 6. The van der Waals surface area contributed by atoms with Crippen LogP contribution in [-0.4, -0.2) is 43.8 Å². The number of ether oxygens (including phenoxy) is 1. The number of para-hydroxylation sites is 1. The Labute approximate surface area is 196 Å². The minimum Gasteiger partial charge on any atom is -0.449 e. The van der Waals surface area contributed by atoms with Crippen LogP contribution in [0, 0.1) is 25.7 Å². The fourth-order valence-electron chi connectivity index (χ4n) is 4.25. The van der Waals surface area contributed by atoms with Crippen LogP contribution in [0.1, 0.15) is 48.7 Å². The number of nitrogens with one attached hydrogen (secondary N) is 1. The van der Waals surface area contributed by atoms with Crippen LogP contribution in [0.25, 0.3) is 0 Å². The number of anilines is 1. The van der Waals surface area contributed by atoms with Crippen LogP contribution in [0.2, 0.25) is 0 Å². The lowest BCUT2D eigenvalue weighted by Gasteiger charge is -2.34. The molecule has 3 unspecified atom stereocenters. The maximum atomic E-state index is 13.2. The van der Waals surface area contributed by atoms with Crippen LogP contribution in [0.3, 0.4) is 0 Å². The summed E-state index contributed by atoms with van der Waals surface area (Å²) in [5, 5.41) is 2.80. The Morgan fingerprint density at radius 1 is 1.03 bits per heavy atom. The second-order valence-corrected chi connectivity index (χ2v) is 11.0. The lowest BCUT2D eigenvalue weighted by molar-refractivity contribution is -0.123. The molecule has 3 atom stereocenters. The summed E-state index contributed by atoms with van der Waals surface area (Å²) >= 11 is 0. The van der Waals surface area contributed by atoms with E-state index in [1.165, 1.54) is 35.5 Å². The van der Waals surface area contributed by atoms with Gasteiger partial charge in [-0.2, -0.15) is 4.31 Å². The average Bonchev–Trinajstić information content (AvgIpc) is 2.75. The van der Waals surface area contributed by atoms with E-state index < -0.39 is 28.0 Å². The molecule has 33 heavy (non-hydrogen) atoms. The number of aryl methyl sites for hydroxylation is 2. The van der Waals surface area contributed by atoms with E-state index in [9.17, 15) is 18.0 Å². The van der Waals surface area contributed by atoms with Crippen molar-refractivity contribution in [2.45, 2.75) is 52.0 Å². The molecule has 0 radical (unpaired) electrons. The molecule has 1 saturated heterocycles. The molecule has 7 nitrogen and oxygen atoms in total. The molecule has 1 amide bonds. The number of carbonyl (C=O) groups excluding carboxylic acids is 2. The van der Waals surface area contributed by atoms with Crippen molar-refractivity contribution in [3.8, 4) is 0 Å². The topological polar surface area (TPSA) is 92.8 Å². The number of benzene rings is 2. The zero-order chi connectivity index (χ0) is 24.3. The summed E-state index contributed by atoms with van der Waals surface area (Å²) in [5.74, 6) is -0.668. The highest BCUT2D eigenvalue weighted by molar-refractivity contribution is 7.89. The van der Waals surface area contributed by atoms with Crippen molar-refractivity contribution in [1.82, 2.24) is 4.31 Å². The van der Waals surface area contributed by atoms with Gasteiger partial charge in [0.2, 0.25) is 10.0 Å². The molecular weight excluding hydrogens is 440 g/mol. The molecule has 0 spiro atoms. The minimum absolute atomic E-state index is 0.0471. The van der Waals surface area contributed by atoms with E-state index in [0.29, 0.717) is 18.8 Å². The van der Waals surface area contributed by atoms with Crippen molar-refractivity contribution in [1.29, 1.82) is 0 Å². The molecule has 0 saturated carbocycles. The highest BCUT2D eigenvalue weighted by Gasteiger charge is 2.32. The fraction of sp³-hybridized carbons (Fsp3) is 0.440. The van der Waals surface area contributed by atoms with Gasteiger partial charge in [-0.25, -0.2) is 13.2 Å². The number of esters is 1. The van der Waals surface area contributed by atoms with Crippen LogP contribution < -0.4 is 5.32 Å². The van der Waals surface area contributed by atoms with Gasteiger partial charge in [0.1, 0.15) is 0 Å². The van der Waals surface area contributed by atoms with Crippen molar-refractivity contribution in [3.05, 3.63) is 59.2 Å². The van der Waals surface area contributed by atoms with E-state index in [1.54, 1.807) is 0 Å². The van der Waals surface area contributed by atoms with E-state index in [2.05, 4.69) is 5.32 Å². The number of hydrogen-bond acceptors (Lipinski definition) is 5. The summed E-state index contributed by atoms with van der Waals surface area (Å²) in [5.41, 5.74) is 2.58. The second-order valence-electron chi connectivity index (χ2n) is 9.10. The molecule has 1 aliphatic rings. The molecule has 178 valence electrons. The average molecular weight is 473 g/mol. The van der Waals surface area contributed by atoms with E-state index in [1.807, 2.05) is 45.9 Å². The molecule has 1 N–H and O–H groups in total. The lowest BCUT2D eigenvalue weighted by Crippen LogP contribution is -2.42.